The van der Waals surface area contributed by atoms with Gasteiger partial charge in [0, 0.05) is 0 Å². The first kappa shape index (κ1) is 12.2. The van der Waals surface area contributed by atoms with Crippen molar-refractivity contribution < 1.29 is 23.8 Å². The van der Waals surface area contributed by atoms with E-state index in [1.807, 2.05) is 0 Å². The van der Waals surface area contributed by atoms with E-state index in [4.69, 9.17) is 50.7 Å². The van der Waals surface area contributed by atoms with Gasteiger partial charge in [-0.15, -0.1) is 0 Å². The molecule has 0 aliphatic rings. The Morgan fingerprint density at radius 1 is 1.00 bits per heavy atom. The maximum absolute atomic E-state index is 4.89. The fourth-order valence-electron chi connectivity index (χ4n) is 0. The molecule has 0 aliphatic heterocycles. The Hall–Kier alpha value is 2.46. The van der Waals surface area contributed by atoms with Crippen LogP contribution in [0.15, 0.2) is 0 Å². The Morgan fingerprint density at radius 2 is 1.00 bits per heavy atom. The van der Waals surface area contributed by atoms with E-state index >= 15 is 0 Å². The Kier molecular flexibility index (Phi) is 19.6. The molecule has 0 rings (SSSR count). The summed E-state index contributed by atoms with van der Waals surface area (Å²) in [7, 11) is 24.1. The summed E-state index contributed by atoms with van der Waals surface area (Å²) >= 11 is -0.764. The molecule has 0 nitrogen and oxygen atoms in total. The molecular weight excluding hydrogens is 292 g/mol. The van der Waals surface area contributed by atoms with Crippen LogP contribution in [0.2, 0.25) is 0 Å². The first-order valence-electron chi connectivity index (χ1n) is 0.640. The average molecular weight is 292 g/mol. The van der Waals surface area contributed by atoms with Crippen molar-refractivity contribution in [3.05, 3.63) is 0 Å². The van der Waals surface area contributed by atoms with E-state index < -0.39 is 11.2 Å². The quantitative estimate of drug-likeness (QED) is 0.600. The van der Waals surface area contributed by atoms with Gasteiger partial charge >= 0.3 is 74.5 Å². The molecule has 0 aromatic heterocycles. The zero-order chi connectivity index (χ0) is 6.28. The summed E-state index contributed by atoms with van der Waals surface area (Å²) in [6.07, 6.45) is 0. The minimum atomic E-state index is -1.33. The van der Waals surface area contributed by atoms with Gasteiger partial charge in [-0.1, -0.05) is 0 Å². The average Bonchev–Trinajstić information content (AvgIpc) is 1.33. The van der Waals surface area contributed by atoms with Crippen LogP contribution in [0.1, 0.15) is 0 Å². The summed E-state index contributed by atoms with van der Waals surface area (Å²) in [5, 5.41) is 0. The summed E-state index contributed by atoms with van der Waals surface area (Å²) in [4.78, 5) is 0. The normalized spacial score (nSPS) is 9.57. The minimum absolute atomic E-state index is 0.569. The molecule has 0 atom stereocenters. The Labute approximate surface area is 73.7 Å². The summed E-state index contributed by atoms with van der Waals surface area (Å²) in [5.41, 5.74) is 0. The van der Waals surface area contributed by atoms with Crippen molar-refractivity contribution in [2.45, 2.75) is 0 Å². The molecule has 0 heterocycles. The molecular formula is Cl5FeNi. The molecule has 0 radical (unpaired) electrons. The van der Waals surface area contributed by atoms with E-state index in [0.29, 0.717) is 12.7 Å². The van der Waals surface area contributed by atoms with Gasteiger partial charge in [-0.3, -0.25) is 0 Å². The van der Waals surface area contributed by atoms with Crippen LogP contribution in [0.4, 0.5) is 0 Å². The van der Waals surface area contributed by atoms with Crippen molar-refractivity contribution >= 4 is 50.7 Å². The molecule has 0 amide bonds. The maximum atomic E-state index is 4.89. The predicted octanol–water partition coefficient (Wildman–Crippen LogP) is 3.44. The van der Waals surface area contributed by atoms with Gasteiger partial charge in [0.1, 0.15) is 0 Å². The van der Waals surface area contributed by atoms with Gasteiger partial charge in [0.2, 0.25) is 0 Å². The predicted molar refractivity (Wildman–Crippen MR) is 29.3 cm³/mol. The van der Waals surface area contributed by atoms with Gasteiger partial charge in [0.05, 0.1) is 0 Å². The molecule has 0 spiro atoms. The molecule has 0 aliphatic carbocycles. The molecule has 0 aromatic rings. The van der Waals surface area contributed by atoms with Crippen LogP contribution < -0.4 is 0 Å². The number of hydrogen-bond acceptors (Lipinski definition) is 0. The first-order chi connectivity index (χ1) is 3.15. The second-order valence-corrected chi connectivity index (χ2v) is 7.30. The zero-order valence-electron chi connectivity index (χ0n) is 2.56. The Bertz CT molecular complexity index is 19.3. The second kappa shape index (κ2) is 11.3. The topological polar surface area (TPSA) is 0 Å². The van der Waals surface area contributed by atoms with Crippen molar-refractivity contribution in [2.75, 3.05) is 0 Å². The van der Waals surface area contributed by atoms with Gasteiger partial charge in [-0.25, -0.2) is 0 Å². The van der Waals surface area contributed by atoms with Gasteiger partial charge < -0.3 is 0 Å². The molecule has 7 heteroatoms. The van der Waals surface area contributed by atoms with Crippen molar-refractivity contribution in [3.63, 3.8) is 0 Å². The van der Waals surface area contributed by atoms with E-state index in [-0.39, 0.29) is 0 Å². The molecule has 0 saturated carbocycles. The fraction of sp³-hybridized carbons (Fsp3) is 0. The third-order valence-electron chi connectivity index (χ3n) is 0. The van der Waals surface area contributed by atoms with E-state index in [1.54, 1.807) is 0 Å². The molecule has 0 saturated heterocycles. The summed E-state index contributed by atoms with van der Waals surface area (Å²) in [6.45, 7) is 0. The first-order valence-corrected chi connectivity index (χ1v) is 7.92. The van der Waals surface area contributed by atoms with E-state index in [2.05, 4.69) is 0 Å². The number of halogens is 5. The fourth-order valence-corrected chi connectivity index (χ4v) is 0. The van der Waals surface area contributed by atoms with Crippen molar-refractivity contribution in [1.29, 1.82) is 0 Å². The van der Waals surface area contributed by atoms with Crippen LogP contribution in [-0.4, -0.2) is 0 Å². The van der Waals surface area contributed by atoms with Gasteiger partial charge in [0.25, 0.3) is 0 Å². The van der Waals surface area contributed by atoms with Gasteiger partial charge in [0.15, 0.2) is 0 Å². The molecule has 7 heavy (non-hydrogen) atoms. The van der Waals surface area contributed by atoms with Crippen molar-refractivity contribution in [1.82, 2.24) is 0 Å². The number of rotatable bonds is 0. The summed E-state index contributed by atoms with van der Waals surface area (Å²) in [5.74, 6) is 0. The summed E-state index contributed by atoms with van der Waals surface area (Å²) < 4.78 is 0. The van der Waals surface area contributed by atoms with Crippen LogP contribution in [0.5, 0.6) is 0 Å². The number of hydrogen-bond donors (Lipinski definition) is 0. The van der Waals surface area contributed by atoms with E-state index in [9.17, 15) is 0 Å². The van der Waals surface area contributed by atoms with Gasteiger partial charge in [-0.05, 0) is 0 Å². The van der Waals surface area contributed by atoms with Crippen LogP contribution in [-0.2, 0) is 23.8 Å². The molecule has 0 bridgehead atoms. The van der Waals surface area contributed by atoms with Crippen LogP contribution in [0.25, 0.3) is 0 Å². The SMILES string of the molecule is [Cl][Fe]([Cl])[Cl].[Cl][Ni][Cl]. The van der Waals surface area contributed by atoms with E-state index in [0.717, 1.165) is 0 Å². The van der Waals surface area contributed by atoms with Crippen LogP contribution in [0.3, 0.4) is 0 Å². The van der Waals surface area contributed by atoms with Crippen molar-refractivity contribution in [2.24, 2.45) is 0 Å². The molecule has 0 aromatic carbocycles. The summed E-state index contributed by atoms with van der Waals surface area (Å²) in [6, 6.07) is 0. The molecule has 0 fully saturated rings. The standard InChI is InChI=1S/5ClH.Fe.Ni/h5*1H;;/q;;;;;+3;+2/p-5. The van der Waals surface area contributed by atoms with Crippen LogP contribution >= 0.6 is 50.7 Å². The Morgan fingerprint density at radius 3 is 1.00 bits per heavy atom. The van der Waals surface area contributed by atoms with E-state index in [1.165, 1.54) is 0 Å². The third kappa shape index (κ3) is 58.3. The Balaban J connectivity index is 0. The monoisotopic (exact) mass is 289 g/mol. The molecule has 0 unspecified atom stereocenters. The van der Waals surface area contributed by atoms with Gasteiger partial charge in [-0.2, -0.15) is 0 Å². The van der Waals surface area contributed by atoms with Crippen LogP contribution in [0, 0.1) is 0 Å². The molecule has 0 N–H and O–H groups in total. The zero-order valence-corrected chi connectivity index (χ0v) is 8.43. The third-order valence-corrected chi connectivity index (χ3v) is 0. The molecule has 53 valence electrons. The second-order valence-electron chi connectivity index (χ2n) is 0.197. The van der Waals surface area contributed by atoms with Crippen molar-refractivity contribution in [3.8, 4) is 0 Å².